The van der Waals surface area contributed by atoms with Crippen LogP contribution in [0.3, 0.4) is 0 Å². The number of ketones is 1. The van der Waals surface area contributed by atoms with E-state index in [0.717, 1.165) is 18.4 Å². The standard InChI is InChI=1S/C19H21NO4/c1-13(20)19(8-9-19)11-16(22)18-17(15(21)7-10-23-18)24-12-14-5-3-2-4-6-14/h2-7,10,13H,8-9,11-12,20H2,1H3/t13-/m1/s1. The summed E-state index contributed by atoms with van der Waals surface area (Å²) in [6.07, 6.45) is 3.36. The Morgan fingerprint density at radius 3 is 2.62 bits per heavy atom. The van der Waals surface area contributed by atoms with Gasteiger partial charge in [-0.3, -0.25) is 9.59 Å². The summed E-state index contributed by atoms with van der Waals surface area (Å²) in [7, 11) is 0. The molecule has 1 aromatic carbocycles. The van der Waals surface area contributed by atoms with E-state index in [1.54, 1.807) is 0 Å². The van der Waals surface area contributed by atoms with E-state index in [9.17, 15) is 9.59 Å². The molecule has 0 amide bonds. The molecule has 0 saturated heterocycles. The molecule has 0 aliphatic heterocycles. The van der Waals surface area contributed by atoms with Gasteiger partial charge in [-0.25, -0.2) is 0 Å². The third kappa shape index (κ3) is 3.41. The number of rotatable bonds is 7. The molecule has 1 heterocycles. The van der Waals surface area contributed by atoms with Crippen LogP contribution in [0.15, 0.2) is 51.9 Å². The van der Waals surface area contributed by atoms with Crippen LogP contribution in [0.4, 0.5) is 0 Å². The molecule has 0 unspecified atom stereocenters. The van der Waals surface area contributed by atoms with Crippen LogP contribution in [0.2, 0.25) is 0 Å². The number of hydrogen-bond donors (Lipinski definition) is 1. The summed E-state index contributed by atoms with van der Waals surface area (Å²) >= 11 is 0. The third-order valence-corrected chi connectivity index (χ3v) is 4.69. The first-order valence-electron chi connectivity index (χ1n) is 8.09. The van der Waals surface area contributed by atoms with Crippen molar-refractivity contribution < 1.29 is 13.9 Å². The smallest absolute Gasteiger partial charge is 0.227 e. The lowest BCUT2D eigenvalue weighted by molar-refractivity contribution is 0.0909. The zero-order valence-electron chi connectivity index (χ0n) is 13.7. The molecule has 3 rings (SSSR count). The summed E-state index contributed by atoms with van der Waals surface area (Å²) in [6, 6.07) is 10.7. The second-order valence-corrected chi connectivity index (χ2v) is 6.47. The van der Waals surface area contributed by atoms with E-state index >= 15 is 0 Å². The van der Waals surface area contributed by atoms with Crippen LogP contribution in [0.25, 0.3) is 0 Å². The van der Waals surface area contributed by atoms with Gasteiger partial charge in [0.05, 0.1) is 6.26 Å². The number of nitrogens with two attached hydrogens (primary N) is 1. The van der Waals surface area contributed by atoms with Crippen LogP contribution in [0, 0.1) is 5.41 Å². The van der Waals surface area contributed by atoms with E-state index in [4.69, 9.17) is 14.9 Å². The quantitative estimate of drug-likeness (QED) is 0.791. The zero-order valence-corrected chi connectivity index (χ0v) is 13.7. The molecular formula is C19H21NO4. The molecule has 1 aliphatic carbocycles. The summed E-state index contributed by atoms with van der Waals surface area (Å²) in [6.45, 7) is 2.11. The first-order chi connectivity index (χ1) is 11.5. The molecular weight excluding hydrogens is 306 g/mol. The fourth-order valence-corrected chi connectivity index (χ4v) is 2.82. The van der Waals surface area contributed by atoms with Crippen molar-refractivity contribution in [2.45, 2.75) is 38.8 Å². The summed E-state index contributed by atoms with van der Waals surface area (Å²) in [5.74, 6) is -0.261. The Morgan fingerprint density at radius 1 is 1.29 bits per heavy atom. The van der Waals surface area contributed by atoms with Crippen LogP contribution in [-0.2, 0) is 6.61 Å². The molecule has 5 nitrogen and oxygen atoms in total. The van der Waals surface area contributed by atoms with Crippen molar-refractivity contribution in [2.75, 3.05) is 0 Å². The van der Waals surface area contributed by atoms with Crippen LogP contribution >= 0.6 is 0 Å². The first kappa shape index (κ1) is 16.5. The van der Waals surface area contributed by atoms with Crippen molar-refractivity contribution in [3.63, 3.8) is 0 Å². The number of carbonyl (C=O) groups is 1. The molecule has 5 heteroatoms. The Hall–Kier alpha value is -2.40. The van der Waals surface area contributed by atoms with E-state index < -0.39 is 0 Å². The van der Waals surface area contributed by atoms with Gasteiger partial charge in [0.25, 0.3) is 0 Å². The van der Waals surface area contributed by atoms with Gasteiger partial charge in [-0.1, -0.05) is 30.3 Å². The topological polar surface area (TPSA) is 82.5 Å². The van der Waals surface area contributed by atoms with E-state index in [1.165, 1.54) is 12.3 Å². The lowest BCUT2D eigenvalue weighted by atomic mass is 9.91. The Morgan fingerprint density at radius 2 is 2.00 bits per heavy atom. The minimum Gasteiger partial charge on any atom is -0.481 e. The van der Waals surface area contributed by atoms with Crippen LogP contribution in [0.5, 0.6) is 5.75 Å². The van der Waals surface area contributed by atoms with Gasteiger partial charge in [0, 0.05) is 18.5 Å². The van der Waals surface area contributed by atoms with Gasteiger partial charge in [-0.15, -0.1) is 0 Å². The molecule has 2 aromatic rings. The Kier molecular flexibility index (Phi) is 4.53. The molecule has 1 aliphatic rings. The summed E-state index contributed by atoms with van der Waals surface area (Å²) in [4.78, 5) is 24.7. The fourth-order valence-electron chi connectivity index (χ4n) is 2.82. The number of Topliss-reactive ketones (excluding diaryl/α,β-unsaturated/α-hetero) is 1. The minimum absolute atomic E-state index is 0.00893. The summed E-state index contributed by atoms with van der Waals surface area (Å²) in [5, 5.41) is 0. The number of ether oxygens (including phenoxy) is 1. The monoisotopic (exact) mass is 327 g/mol. The second-order valence-electron chi connectivity index (χ2n) is 6.47. The average Bonchev–Trinajstić information content (AvgIpc) is 3.35. The predicted octanol–water partition coefficient (Wildman–Crippen LogP) is 2.92. The molecule has 0 spiro atoms. The molecule has 1 aromatic heterocycles. The van der Waals surface area contributed by atoms with Crippen LogP contribution in [-0.4, -0.2) is 11.8 Å². The first-order valence-corrected chi connectivity index (χ1v) is 8.09. The van der Waals surface area contributed by atoms with Gasteiger partial charge in [-0.05, 0) is 30.7 Å². The van der Waals surface area contributed by atoms with E-state index in [1.807, 2.05) is 37.3 Å². The number of benzene rings is 1. The maximum absolute atomic E-state index is 12.6. The van der Waals surface area contributed by atoms with Gasteiger partial charge < -0.3 is 14.9 Å². The highest BCUT2D eigenvalue weighted by Gasteiger charge is 2.48. The molecule has 0 bridgehead atoms. The largest absolute Gasteiger partial charge is 0.481 e. The lowest BCUT2D eigenvalue weighted by Crippen LogP contribution is -2.30. The van der Waals surface area contributed by atoms with Crippen molar-refractivity contribution in [1.82, 2.24) is 0 Å². The SMILES string of the molecule is C[C@@H](N)C1(CC(=O)c2occc(=O)c2OCc2ccccc2)CC1. The fraction of sp³-hybridized carbons (Fsp3) is 0.368. The minimum atomic E-state index is -0.355. The van der Waals surface area contributed by atoms with Crippen molar-refractivity contribution in [3.8, 4) is 5.75 Å². The molecule has 1 atom stereocenters. The normalized spacial score (nSPS) is 16.4. The average molecular weight is 327 g/mol. The van der Waals surface area contributed by atoms with E-state index in [0.29, 0.717) is 0 Å². The highest BCUT2D eigenvalue weighted by Crippen LogP contribution is 2.51. The van der Waals surface area contributed by atoms with Gasteiger partial charge in [-0.2, -0.15) is 0 Å². The highest BCUT2D eigenvalue weighted by atomic mass is 16.5. The molecule has 2 N–H and O–H groups in total. The van der Waals surface area contributed by atoms with Crippen LogP contribution < -0.4 is 15.9 Å². The predicted molar refractivity (Wildman–Crippen MR) is 90.0 cm³/mol. The summed E-state index contributed by atoms with van der Waals surface area (Å²) in [5.41, 5.74) is 6.38. The van der Waals surface area contributed by atoms with Gasteiger partial charge in [0.1, 0.15) is 6.61 Å². The molecule has 1 fully saturated rings. The second kappa shape index (κ2) is 6.61. The van der Waals surface area contributed by atoms with E-state index in [-0.39, 0.29) is 47.2 Å². The zero-order chi connectivity index (χ0) is 17.2. The highest BCUT2D eigenvalue weighted by molar-refractivity contribution is 5.96. The van der Waals surface area contributed by atoms with Crippen molar-refractivity contribution >= 4 is 5.78 Å². The van der Waals surface area contributed by atoms with Crippen molar-refractivity contribution in [2.24, 2.45) is 11.1 Å². The van der Waals surface area contributed by atoms with Gasteiger partial charge >= 0.3 is 0 Å². The maximum Gasteiger partial charge on any atom is 0.227 e. The Balaban J connectivity index is 1.80. The maximum atomic E-state index is 12.6. The molecule has 126 valence electrons. The number of hydrogen-bond acceptors (Lipinski definition) is 5. The van der Waals surface area contributed by atoms with Gasteiger partial charge in [0.15, 0.2) is 0 Å². The van der Waals surface area contributed by atoms with Crippen molar-refractivity contribution in [3.05, 3.63) is 64.2 Å². The van der Waals surface area contributed by atoms with Crippen molar-refractivity contribution in [1.29, 1.82) is 0 Å². The molecule has 0 radical (unpaired) electrons. The van der Waals surface area contributed by atoms with Crippen LogP contribution in [0.1, 0.15) is 42.3 Å². The third-order valence-electron chi connectivity index (χ3n) is 4.69. The Labute approximate surface area is 140 Å². The van der Waals surface area contributed by atoms with E-state index in [2.05, 4.69) is 0 Å². The molecule has 24 heavy (non-hydrogen) atoms. The molecule has 1 saturated carbocycles. The lowest BCUT2D eigenvalue weighted by Gasteiger charge is -2.18. The van der Waals surface area contributed by atoms with Gasteiger partial charge in [0.2, 0.25) is 22.7 Å². The summed E-state index contributed by atoms with van der Waals surface area (Å²) < 4.78 is 10.9. The Bertz CT molecular complexity index is 775. The number of carbonyl (C=O) groups excluding carboxylic acids is 1.